The van der Waals surface area contributed by atoms with Crippen molar-refractivity contribution in [1.82, 2.24) is 0 Å². The molecule has 0 amide bonds. The van der Waals surface area contributed by atoms with Crippen LogP contribution in [-0.4, -0.2) is 13.2 Å². The molecule has 0 unspecified atom stereocenters. The molecule has 0 bridgehead atoms. The molecular formula is C7H8O2S. The lowest BCUT2D eigenvalue weighted by Gasteiger charge is -2.03. The largest absolute Gasteiger partial charge is 0.345 e. The smallest absolute Gasteiger partial charge is 0.193 e. The minimum Gasteiger partial charge on any atom is -0.345 e. The van der Waals surface area contributed by atoms with Crippen molar-refractivity contribution in [1.29, 1.82) is 0 Å². The summed E-state index contributed by atoms with van der Waals surface area (Å²) < 4.78 is 10.6. The third-order valence-corrected chi connectivity index (χ3v) is 2.29. The summed E-state index contributed by atoms with van der Waals surface area (Å²) in [5, 5.41) is 2.03. The van der Waals surface area contributed by atoms with Crippen LogP contribution in [0, 0.1) is 0 Å². The van der Waals surface area contributed by atoms with Gasteiger partial charge in [-0.15, -0.1) is 11.3 Å². The van der Waals surface area contributed by atoms with Gasteiger partial charge in [0.1, 0.15) is 0 Å². The average molecular weight is 156 g/mol. The quantitative estimate of drug-likeness (QED) is 0.617. The van der Waals surface area contributed by atoms with Crippen molar-refractivity contribution in [3.05, 3.63) is 22.4 Å². The summed E-state index contributed by atoms with van der Waals surface area (Å²) in [6.45, 7) is 1.45. The van der Waals surface area contributed by atoms with Crippen LogP contribution in [0.3, 0.4) is 0 Å². The van der Waals surface area contributed by atoms with E-state index in [1.54, 1.807) is 11.3 Å². The fourth-order valence-corrected chi connectivity index (χ4v) is 1.67. The van der Waals surface area contributed by atoms with Crippen molar-refractivity contribution in [3.8, 4) is 0 Å². The molecule has 0 aliphatic carbocycles. The fraction of sp³-hybridized carbons (Fsp3) is 0.429. The summed E-state index contributed by atoms with van der Waals surface area (Å²) in [6, 6.07) is 4.03. The molecule has 0 N–H and O–H groups in total. The highest BCUT2D eigenvalue weighted by Gasteiger charge is 2.18. The lowest BCUT2D eigenvalue weighted by molar-refractivity contribution is -0.0413. The highest BCUT2D eigenvalue weighted by atomic mass is 32.1. The number of hydrogen-bond acceptors (Lipinski definition) is 3. The Morgan fingerprint density at radius 2 is 2.20 bits per heavy atom. The molecule has 1 aliphatic rings. The van der Waals surface area contributed by atoms with Crippen LogP contribution in [0.25, 0.3) is 0 Å². The van der Waals surface area contributed by atoms with E-state index in [1.807, 2.05) is 17.5 Å². The molecule has 0 radical (unpaired) electrons. The van der Waals surface area contributed by atoms with E-state index in [0.29, 0.717) is 0 Å². The number of thiophene rings is 1. The highest BCUT2D eigenvalue weighted by molar-refractivity contribution is 7.10. The minimum absolute atomic E-state index is 0.0833. The monoisotopic (exact) mass is 156 g/mol. The maximum atomic E-state index is 5.29. The topological polar surface area (TPSA) is 18.5 Å². The van der Waals surface area contributed by atoms with Crippen molar-refractivity contribution in [2.24, 2.45) is 0 Å². The summed E-state index contributed by atoms with van der Waals surface area (Å²) in [6.07, 6.45) is -0.0833. The van der Waals surface area contributed by atoms with Gasteiger partial charge in [-0.3, -0.25) is 0 Å². The zero-order chi connectivity index (χ0) is 6.81. The molecule has 1 fully saturated rings. The summed E-state index contributed by atoms with van der Waals surface area (Å²) >= 11 is 1.67. The predicted octanol–water partition coefficient (Wildman–Crippen LogP) is 1.79. The van der Waals surface area contributed by atoms with E-state index in [-0.39, 0.29) is 6.29 Å². The molecule has 0 saturated carbocycles. The van der Waals surface area contributed by atoms with Gasteiger partial charge in [0.2, 0.25) is 0 Å². The molecule has 10 heavy (non-hydrogen) atoms. The first-order chi connectivity index (χ1) is 4.97. The van der Waals surface area contributed by atoms with E-state index in [4.69, 9.17) is 9.47 Å². The van der Waals surface area contributed by atoms with Crippen molar-refractivity contribution < 1.29 is 9.47 Å². The number of ether oxygens (including phenoxy) is 2. The molecule has 2 rings (SSSR count). The van der Waals surface area contributed by atoms with E-state index < -0.39 is 0 Å². The second kappa shape index (κ2) is 2.70. The highest BCUT2D eigenvalue weighted by Crippen LogP contribution is 2.26. The third kappa shape index (κ3) is 1.08. The lowest BCUT2D eigenvalue weighted by Crippen LogP contribution is -1.93. The average Bonchev–Trinajstić information content (AvgIpc) is 2.59. The van der Waals surface area contributed by atoms with Crippen LogP contribution < -0.4 is 0 Å². The van der Waals surface area contributed by atoms with Gasteiger partial charge < -0.3 is 9.47 Å². The Morgan fingerprint density at radius 1 is 1.40 bits per heavy atom. The van der Waals surface area contributed by atoms with Gasteiger partial charge in [-0.25, -0.2) is 0 Å². The molecule has 1 aliphatic heterocycles. The second-order valence-corrected chi connectivity index (χ2v) is 3.07. The van der Waals surface area contributed by atoms with Gasteiger partial charge in [0.25, 0.3) is 0 Å². The second-order valence-electron chi connectivity index (χ2n) is 2.09. The van der Waals surface area contributed by atoms with Crippen LogP contribution in [0.4, 0.5) is 0 Å². The molecule has 54 valence electrons. The fourth-order valence-electron chi connectivity index (χ4n) is 0.948. The Kier molecular flexibility index (Phi) is 1.71. The Balaban J connectivity index is 2.12. The van der Waals surface area contributed by atoms with E-state index in [0.717, 1.165) is 18.1 Å². The van der Waals surface area contributed by atoms with Gasteiger partial charge in [-0.2, -0.15) is 0 Å². The third-order valence-electron chi connectivity index (χ3n) is 1.40. The normalized spacial score (nSPS) is 20.0. The Morgan fingerprint density at radius 3 is 2.80 bits per heavy atom. The van der Waals surface area contributed by atoms with Crippen LogP contribution in [0.5, 0.6) is 0 Å². The molecule has 0 atom stereocenters. The lowest BCUT2D eigenvalue weighted by atomic mass is 10.5. The Labute approximate surface area is 63.4 Å². The first-order valence-electron chi connectivity index (χ1n) is 3.23. The predicted molar refractivity (Wildman–Crippen MR) is 39.0 cm³/mol. The summed E-state index contributed by atoms with van der Waals surface area (Å²) in [4.78, 5) is 1.16. The molecule has 0 spiro atoms. The molecular weight excluding hydrogens is 148 g/mol. The molecule has 1 saturated heterocycles. The SMILES string of the molecule is c1csc(C2OCCO2)c1. The van der Waals surface area contributed by atoms with Crippen LogP contribution in [0.2, 0.25) is 0 Å². The van der Waals surface area contributed by atoms with Crippen LogP contribution in [0.1, 0.15) is 11.2 Å². The standard InChI is InChI=1S/C7H8O2S/c1-2-6(10-5-1)7-8-3-4-9-7/h1-2,5,7H,3-4H2. The number of rotatable bonds is 1. The summed E-state index contributed by atoms with van der Waals surface area (Å²) in [7, 11) is 0. The van der Waals surface area contributed by atoms with E-state index in [9.17, 15) is 0 Å². The van der Waals surface area contributed by atoms with Gasteiger partial charge in [0.05, 0.1) is 18.1 Å². The van der Waals surface area contributed by atoms with Gasteiger partial charge in [0.15, 0.2) is 6.29 Å². The van der Waals surface area contributed by atoms with Gasteiger partial charge in [-0.1, -0.05) is 6.07 Å². The van der Waals surface area contributed by atoms with Crippen molar-refractivity contribution in [2.45, 2.75) is 6.29 Å². The maximum Gasteiger partial charge on any atom is 0.193 e. The van der Waals surface area contributed by atoms with Crippen molar-refractivity contribution in [2.75, 3.05) is 13.2 Å². The van der Waals surface area contributed by atoms with E-state index in [2.05, 4.69) is 0 Å². The zero-order valence-electron chi connectivity index (χ0n) is 5.45. The molecule has 1 aromatic heterocycles. The van der Waals surface area contributed by atoms with E-state index >= 15 is 0 Å². The molecule has 3 heteroatoms. The van der Waals surface area contributed by atoms with Crippen LogP contribution >= 0.6 is 11.3 Å². The Hall–Kier alpha value is -0.380. The van der Waals surface area contributed by atoms with Crippen molar-refractivity contribution >= 4 is 11.3 Å². The molecule has 0 aromatic carbocycles. The first-order valence-corrected chi connectivity index (χ1v) is 4.11. The summed E-state index contributed by atoms with van der Waals surface area (Å²) in [5.41, 5.74) is 0. The maximum absolute atomic E-state index is 5.29. The number of hydrogen-bond donors (Lipinski definition) is 0. The van der Waals surface area contributed by atoms with E-state index in [1.165, 1.54) is 0 Å². The van der Waals surface area contributed by atoms with Gasteiger partial charge in [-0.05, 0) is 11.4 Å². The molecule has 2 nitrogen and oxygen atoms in total. The van der Waals surface area contributed by atoms with Gasteiger partial charge >= 0.3 is 0 Å². The zero-order valence-corrected chi connectivity index (χ0v) is 6.26. The van der Waals surface area contributed by atoms with Crippen LogP contribution in [-0.2, 0) is 9.47 Å². The van der Waals surface area contributed by atoms with Crippen LogP contribution in [0.15, 0.2) is 17.5 Å². The Bertz CT molecular complexity index is 189. The minimum atomic E-state index is -0.0833. The first kappa shape index (κ1) is 6.34. The van der Waals surface area contributed by atoms with Crippen molar-refractivity contribution in [3.63, 3.8) is 0 Å². The van der Waals surface area contributed by atoms with Gasteiger partial charge in [0, 0.05) is 0 Å². The summed E-state index contributed by atoms with van der Waals surface area (Å²) in [5.74, 6) is 0. The molecule has 2 heterocycles. The molecule has 1 aromatic rings.